The van der Waals surface area contributed by atoms with Crippen molar-refractivity contribution in [1.82, 2.24) is 0 Å². The fourth-order valence-corrected chi connectivity index (χ4v) is 0. The molecule has 0 saturated carbocycles. The summed E-state index contributed by atoms with van der Waals surface area (Å²) in [5, 5.41) is 0. The van der Waals surface area contributed by atoms with Gasteiger partial charge in [0, 0.05) is 76.2 Å². The van der Waals surface area contributed by atoms with Crippen LogP contribution in [0.15, 0.2) is 0 Å². The van der Waals surface area contributed by atoms with E-state index in [1.807, 2.05) is 0 Å². The van der Waals surface area contributed by atoms with Crippen LogP contribution in [0.3, 0.4) is 0 Å². The maximum absolute atomic E-state index is 0. The van der Waals surface area contributed by atoms with Crippen LogP contribution in [-0.4, -0.2) is 18.9 Å². The normalized spacial score (nSPS) is 0. The standard InChI is InChI=1S/FH.Fe.Li.Ti.V/h1H;;;;. The first-order chi connectivity index (χ1) is 0. The van der Waals surface area contributed by atoms with Crippen molar-refractivity contribution in [2.24, 2.45) is 0 Å². The molecule has 0 aliphatic carbocycles. The summed E-state index contributed by atoms with van der Waals surface area (Å²) in [6.45, 7) is 0. The molecule has 0 spiro atoms. The van der Waals surface area contributed by atoms with E-state index in [4.69, 9.17) is 0 Å². The molecule has 0 nitrogen and oxygen atoms in total. The number of hydrogen-bond donors (Lipinski definition) is 0. The molecule has 0 amide bonds. The second-order valence-corrected chi connectivity index (χ2v) is 0. The van der Waals surface area contributed by atoms with Gasteiger partial charge in [0.05, 0.1) is 0 Å². The van der Waals surface area contributed by atoms with Crippen molar-refractivity contribution in [1.29, 1.82) is 0 Å². The van der Waals surface area contributed by atoms with Crippen LogP contribution in [0.1, 0.15) is 0 Å². The Morgan fingerprint density at radius 2 is 1.00 bits per heavy atom. The van der Waals surface area contributed by atoms with Gasteiger partial charge in [0.15, 0.2) is 0 Å². The predicted molar refractivity (Wildman–Crippen MR) is 8.26 cm³/mol. The third kappa shape index (κ3) is 21.8. The van der Waals surface area contributed by atoms with Crippen molar-refractivity contribution in [3.05, 3.63) is 0 Å². The number of hydrogen-bond acceptors (Lipinski definition) is 0. The quantitative estimate of drug-likeness (QED) is 0.453. The Morgan fingerprint density at radius 1 is 1.00 bits per heavy atom. The van der Waals surface area contributed by atoms with Crippen LogP contribution in [0.5, 0.6) is 0 Å². The summed E-state index contributed by atoms with van der Waals surface area (Å²) in [5.41, 5.74) is 0. The van der Waals surface area contributed by atoms with E-state index in [1.54, 1.807) is 0 Å². The molecule has 0 heterocycles. The van der Waals surface area contributed by atoms with Gasteiger partial charge in [-0.2, -0.15) is 0 Å². The summed E-state index contributed by atoms with van der Waals surface area (Å²) >= 11 is 0. The molecule has 2 radical (unpaired) electrons. The van der Waals surface area contributed by atoms with E-state index in [-0.39, 0.29) is 80.9 Å². The molecule has 0 N–H and O–H groups in total. The largest absolute Gasteiger partial charge is 0.269 e. The summed E-state index contributed by atoms with van der Waals surface area (Å²) in [7, 11) is 0. The fourth-order valence-electron chi connectivity index (χ4n) is 0. The van der Waals surface area contributed by atoms with Crippen LogP contribution in [0.2, 0.25) is 0 Å². The Kier molecular flexibility index (Phi) is 354. The molecule has 0 aromatic heterocycles. The van der Waals surface area contributed by atoms with Gasteiger partial charge >= 0.3 is 0 Å². The molecule has 0 aliphatic heterocycles. The van der Waals surface area contributed by atoms with Crippen LogP contribution < -0.4 is 0 Å². The van der Waals surface area contributed by atoms with E-state index in [0.717, 1.165) is 0 Å². The zero-order valence-electron chi connectivity index (χ0n) is 2.71. The van der Waals surface area contributed by atoms with Crippen molar-refractivity contribution in [2.75, 3.05) is 0 Å². The smallest absolute Gasteiger partial charge is 0 e. The monoisotopic (exact) mass is 182 g/mol. The van der Waals surface area contributed by atoms with Gasteiger partial charge in [-0.15, -0.1) is 0 Å². The summed E-state index contributed by atoms with van der Waals surface area (Å²) < 4.78 is 0. The first kappa shape index (κ1) is 53.8. The SMILES string of the molecule is F.[Fe].[Li].[Ti].[V]. The summed E-state index contributed by atoms with van der Waals surface area (Å²) in [6, 6.07) is 0. The topological polar surface area (TPSA) is 0 Å². The van der Waals surface area contributed by atoms with Gasteiger partial charge in [0.1, 0.15) is 0 Å². The van der Waals surface area contributed by atoms with E-state index >= 15 is 0 Å². The average Bonchev–Trinajstić information content (AvgIpc) is 0. The summed E-state index contributed by atoms with van der Waals surface area (Å²) in [5.74, 6) is 0. The van der Waals surface area contributed by atoms with Crippen molar-refractivity contribution in [3.8, 4) is 0 Å². The van der Waals surface area contributed by atoms with Crippen molar-refractivity contribution < 1.29 is 62.0 Å². The molecule has 0 unspecified atom stereocenters. The Bertz CT molecular complexity index is 11.6. The first-order valence-corrected chi connectivity index (χ1v) is 0. The molecule has 0 atom stereocenters. The Balaban J connectivity index is 0. The first-order valence-electron chi connectivity index (χ1n) is 0. The molecule has 0 rings (SSSR count). The van der Waals surface area contributed by atoms with Crippen LogP contribution >= 0.6 is 0 Å². The maximum atomic E-state index is 0. The van der Waals surface area contributed by atoms with Gasteiger partial charge < -0.3 is 0 Å². The third-order valence-electron chi connectivity index (χ3n) is 0. The maximum Gasteiger partial charge on any atom is 0 e. The van der Waals surface area contributed by atoms with Crippen LogP contribution in [0.4, 0.5) is 4.70 Å². The zero-order chi connectivity index (χ0) is 0. The van der Waals surface area contributed by atoms with Crippen molar-refractivity contribution in [2.45, 2.75) is 0 Å². The molecule has 5 heteroatoms. The zero-order valence-corrected chi connectivity index (χ0v) is 6.77. The van der Waals surface area contributed by atoms with Crippen molar-refractivity contribution in [3.63, 3.8) is 0 Å². The molecular weight excluding hydrogens is 181 g/mol. The molecule has 26 valence electrons. The van der Waals surface area contributed by atoms with Crippen molar-refractivity contribution >= 4 is 18.9 Å². The van der Waals surface area contributed by atoms with E-state index in [1.165, 1.54) is 0 Å². The van der Waals surface area contributed by atoms with Gasteiger partial charge in [-0.25, -0.2) is 0 Å². The summed E-state index contributed by atoms with van der Waals surface area (Å²) in [6.07, 6.45) is 0. The molecule has 5 heavy (non-hydrogen) atoms. The van der Waals surface area contributed by atoms with E-state index < -0.39 is 0 Å². The van der Waals surface area contributed by atoms with E-state index in [2.05, 4.69) is 0 Å². The average molecular weight is 182 g/mol. The number of rotatable bonds is 0. The number of halogens is 1. The van der Waals surface area contributed by atoms with Crippen LogP contribution in [-0.2, 0) is 57.3 Å². The third-order valence-corrected chi connectivity index (χ3v) is 0. The van der Waals surface area contributed by atoms with Gasteiger partial charge in [0.25, 0.3) is 0 Å². The second-order valence-electron chi connectivity index (χ2n) is 0. The molecule has 0 aliphatic rings. The van der Waals surface area contributed by atoms with Gasteiger partial charge in [0.2, 0.25) is 0 Å². The minimum absolute atomic E-state index is 0. The second kappa shape index (κ2) is 33.0. The Morgan fingerprint density at radius 3 is 1.00 bits per heavy atom. The minimum Gasteiger partial charge on any atom is -0.269 e. The molecule has 0 bridgehead atoms. The fraction of sp³-hybridized carbons (Fsp3) is 0. The van der Waals surface area contributed by atoms with Crippen LogP contribution in [0, 0.1) is 0 Å². The molecule has 0 aromatic rings. The minimum atomic E-state index is 0. The van der Waals surface area contributed by atoms with E-state index in [9.17, 15) is 0 Å². The molecular formula is HFFeLiTiV. The molecule has 0 aromatic carbocycles. The van der Waals surface area contributed by atoms with E-state index in [0.29, 0.717) is 0 Å². The van der Waals surface area contributed by atoms with Gasteiger partial charge in [-0.3, -0.25) is 4.70 Å². The summed E-state index contributed by atoms with van der Waals surface area (Å²) in [4.78, 5) is 0. The van der Waals surface area contributed by atoms with Gasteiger partial charge in [-0.05, 0) is 0 Å². The molecule has 0 saturated heterocycles. The van der Waals surface area contributed by atoms with Gasteiger partial charge in [-0.1, -0.05) is 0 Å². The molecule has 0 fully saturated rings. The Labute approximate surface area is 80.0 Å². The van der Waals surface area contributed by atoms with Crippen LogP contribution in [0.25, 0.3) is 0 Å². The predicted octanol–water partition coefficient (Wildman–Crippen LogP) is -0.236. The Hall–Kier alpha value is 2.35.